The van der Waals surface area contributed by atoms with Crippen molar-refractivity contribution in [3.05, 3.63) is 11.9 Å². The van der Waals surface area contributed by atoms with E-state index in [1.54, 1.807) is 10.9 Å². The van der Waals surface area contributed by atoms with Gasteiger partial charge in [-0.2, -0.15) is 0 Å². The van der Waals surface area contributed by atoms with Gasteiger partial charge < -0.3 is 0 Å². The normalized spacial score (nSPS) is 10.0. The minimum absolute atomic E-state index is 0.0349. The van der Waals surface area contributed by atoms with Gasteiger partial charge >= 0.3 is 0 Å². The molecule has 0 unspecified atom stereocenters. The van der Waals surface area contributed by atoms with Gasteiger partial charge in [-0.15, -0.1) is 5.10 Å². The Bertz CT molecular complexity index is 254. The molecule has 0 aliphatic carbocycles. The van der Waals surface area contributed by atoms with Crippen molar-refractivity contribution < 1.29 is 4.79 Å². The molecule has 0 N–H and O–H groups in total. The fraction of sp³-hybridized carbons (Fsp3) is 0.571. The van der Waals surface area contributed by atoms with Crippen molar-refractivity contribution in [3.8, 4) is 0 Å². The predicted molar refractivity (Wildman–Crippen MR) is 40.3 cm³/mol. The van der Waals surface area contributed by atoms with Gasteiger partial charge in [-0.1, -0.05) is 12.1 Å². The lowest BCUT2D eigenvalue weighted by Crippen LogP contribution is -1.96. The molecule has 0 amide bonds. The van der Waals surface area contributed by atoms with Crippen LogP contribution in [0.3, 0.4) is 0 Å². The van der Waals surface area contributed by atoms with Gasteiger partial charge in [0, 0.05) is 13.5 Å². The summed E-state index contributed by atoms with van der Waals surface area (Å²) in [5.41, 5.74) is 0.443. The van der Waals surface area contributed by atoms with Crippen LogP contribution in [0.4, 0.5) is 0 Å². The number of nitrogens with zero attached hydrogens (tertiary/aromatic N) is 3. The molecule has 1 rings (SSSR count). The van der Waals surface area contributed by atoms with Crippen molar-refractivity contribution in [3.63, 3.8) is 0 Å². The quantitative estimate of drug-likeness (QED) is 0.606. The largest absolute Gasteiger partial charge is 0.293 e. The zero-order valence-electron chi connectivity index (χ0n) is 6.74. The van der Waals surface area contributed by atoms with E-state index >= 15 is 0 Å². The first-order chi connectivity index (χ1) is 5.24. The first-order valence-corrected chi connectivity index (χ1v) is 3.65. The van der Waals surface area contributed by atoms with Gasteiger partial charge in [0.25, 0.3) is 0 Å². The third-order valence-electron chi connectivity index (χ3n) is 1.35. The Hall–Kier alpha value is -1.19. The second-order valence-electron chi connectivity index (χ2n) is 2.42. The first kappa shape index (κ1) is 7.91. The van der Waals surface area contributed by atoms with Crippen LogP contribution in [0.15, 0.2) is 6.20 Å². The Morgan fingerprint density at radius 3 is 2.91 bits per heavy atom. The summed E-state index contributed by atoms with van der Waals surface area (Å²) >= 11 is 0. The lowest BCUT2D eigenvalue weighted by Gasteiger charge is -1.91. The molecular weight excluding hydrogens is 142 g/mol. The Kier molecular flexibility index (Phi) is 2.36. The van der Waals surface area contributed by atoms with E-state index in [-0.39, 0.29) is 5.78 Å². The lowest BCUT2D eigenvalue weighted by molar-refractivity contribution is 0.101. The molecule has 0 aromatic carbocycles. The molecule has 0 radical (unpaired) electrons. The number of ketones is 1. The second kappa shape index (κ2) is 3.27. The summed E-state index contributed by atoms with van der Waals surface area (Å²) in [5, 5.41) is 7.47. The van der Waals surface area contributed by atoms with Gasteiger partial charge in [0.15, 0.2) is 5.78 Å². The van der Waals surface area contributed by atoms with Crippen molar-refractivity contribution in [2.45, 2.75) is 26.8 Å². The summed E-state index contributed by atoms with van der Waals surface area (Å²) < 4.78 is 1.68. The fourth-order valence-corrected chi connectivity index (χ4v) is 0.798. The number of carbonyl (C=O) groups excluding carboxylic acids is 1. The molecule has 4 nitrogen and oxygen atoms in total. The summed E-state index contributed by atoms with van der Waals surface area (Å²) in [6.07, 6.45) is 2.67. The number of hydrogen-bond donors (Lipinski definition) is 0. The van der Waals surface area contributed by atoms with Gasteiger partial charge in [0.1, 0.15) is 5.69 Å². The predicted octanol–water partition coefficient (Wildman–Crippen LogP) is 0.891. The number of aromatic nitrogens is 3. The number of Topliss-reactive ketones (excluding diaryl/α,β-unsaturated/α-hetero) is 1. The Labute approximate surface area is 65.2 Å². The molecule has 0 aliphatic heterocycles. The minimum atomic E-state index is -0.0349. The molecule has 0 saturated carbocycles. The van der Waals surface area contributed by atoms with Crippen molar-refractivity contribution in [1.29, 1.82) is 0 Å². The van der Waals surface area contributed by atoms with E-state index in [2.05, 4.69) is 17.2 Å². The SMILES string of the molecule is CCCn1cc(C(C)=O)nn1. The molecule has 0 aliphatic rings. The summed E-state index contributed by atoms with van der Waals surface area (Å²) in [5.74, 6) is -0.0349. The van der Waals surface area contributed by atoms with Crippen LogP contribution in [0, 0.1) is 0 Å². The maximum absolute atomic E-state index is 10.7. The van der Waals surface area contributed by atoms with Crippen molar-refractivity contribution in [2.75, 3.05) is 0 Å². The number of carbonyl (C=O) groups is 1. The van der Waals surface area contributed by atoms with Crippen LogP contribution in [0.2, 0.25) is 0 Å². The first-order valence-electron chi connectivity index (χ1n) is 3.65. The van der Waals surface area contributed by atoms with Crippen molar-refractivity contribution in [1.82, 2.24) is 15.0 Å². The molecule has 4 heteroatoms. The highest BCUT2D eigenvalue weighted by Crippen LogP contribution is 1.94. The van der Waals surface area contributed by atoms with Crippen LogP contribution in [0.5, 0.6) is 0 Å². The zero-order chi connectivity index (χ0) is 8.27. The molecule has 0 bridgehead atoms. The molecule has 0 saturated heterocycles. The molecule has 11 heavy (non-hydrogen) atoms. The van der Waals surface area contributed by atoms with E-state index in [4.69, 9.17) is 0 Å². The standard InChI is InChI=1S/C7H11N3O/c1-3-4-10-5-7(6(2)11)8-9-10/h5H,3-4H2,1-2H3. The van der Waals surface area contributed by atoms with E-state index < -0.39 is 0 Å². The zero-order valence-corrected chi connectivity index (χ0v) is 6.74. The molecule has 60 valence electrons. The average molecular weight is 153 g/mol. The topological polar surface area (TPSA) is 47.8 Å². The molecule has 1 aromatic heterocycles. The number of aryl methyl sites for hydroxylation is 1. The minimum Gasteiger partial charge on any atom is -0.293 e. The number of hydrogen-bond acceptors (Lipinski definition) is 3. The van der Waals surface area contributed by atoms with E-state index in [0.29, 0.717) is 5.69 Å². The van der Waals surface area contributed by atoms with Crippen LogP contribution in [-0.2, 0) is 6.54 Å². The third kappa shape index (κ3) is 1.86. The van der Waals surface area contributed by atoms with Gasteiger partial charge in [-0.25, -0.2) is 0 Å². The summed E-state index contributed by atoms with van der Waals surface area (Å²) in [6.45, 7) is 4.36. The van der Waals surface area contributed by atoms with Crippen LogP contribution in [0.25, 0.3) is 0 Å². The Morgan fingerprint density at radius 2 is 2.45 bits per heavy atom. The molecular formula is C7H11N3O. The van der Waals surface area contributed by atoms with Crippen molar-refractivity contribution in [2.24, 2.45) is 0 Å². The molecule has 0 atom stereocenters. The van der Waals surface area contributed by atoms with Crippen LogP contribution >= 0.6 is 0 Å². The van der Waals surface area contributed by atoms with Crippen molar-refractivity contribution >= 4 is 5.78 Å². The van der Waals surface area contributed by atoms with Gasteiger partial charge in [0.05, 0.1) is 6.20 Å². The van der Waals surface area contributed by atoms with E-state index in [1.807, 2.05) is 0 Å². The molecule has 1 heterocycles. The van der Waals surface area contributed by atoms with Crippen LogP contribution in [-0.4, -0.2) is 20.8 Å². The van der Waals surface area contributed by atoms with E-state index in [1.165, 1.54) is 6.92 Å². The highest BCUT2D eigenvalue weighted by molar-refractivity contribution is 5.91. The molecule has 0 spiro atoms. The van der Waals surface area contributed by atoms with Crippen LogP contribution in [0.1, 0.15) is 30.8 Å². The summed E-state index contributed by atoms with van der Waals surface area (Å²) in [6, 6.07) is 0. The van der Waals surface area contributed by atoms with Gasteiger partial charge in [0.2, 0.25) is 0 Å². The average Bonchev–Trinajstić information content (AvgIpc) is 2.37. The van der Waals surface area contributed by atoms with E-state index in [0.717, 1.165) is 13.0 Å². The van der Waals surface area contributed by atoms with E-state index in [9.17, 15) is 4.79 Å². The van der Waals surface area contributed by atoms with Gasteiger partial charge in [-0.3, -0.25) is 9.48 Å². The Morgan fingerprint density at radius 1 is 1.73 bits per heavy atom. The summed E-state index contributed by atoms with van der Waals surface area (Å²) in [7, 11) is 0. The molecule has 1 aromatic rings. The maximum Gasteiger partial charge on any atom is 0.181 e. The lowest BCUT2D eigenvalue weighted by atomic mass is 10.3. The highest BCUT2D eigenvalue weighted by Gasteiger charge is 2.03. The Balaban J connectivity index is 2.73. The van der Waals surface area contributed by atoms with Gasteiger partial charge in [-0.05, 0) is 6.42 Å². The summed E-state index contributed by atoms with van der Waals surface area (Å²) in [4.78, 5) is 10.7. The maximum atomic E-state index is 10.7. The smallest absolute Gasteiger partial charge is 0.181 e. The second-order valence-corrected chi connectivity index (χ2v) is 2.42. The monoisotopic (exact) mass is 153 g/mol. The fourth-order valence-electron chi connectivity index (χ4n) is 0.798. The van der Waals surface area contributed by atoms with Crippen LogP contribution < -0.4 is 0 Å². The third-order valence-corrected chi connectivity index (χ3v) is 1.35. The number of rotatable bonds is 3. The molecule has 0 fully saturated rings. The highest BCUT2D eigenvalue weighted by atomic mass is 16.1.